The van der Waals surface area contributed by atoms with E-state index in [1.54, 1.807) is 6.92 Å². The monoisotopic (exact) mass is 129 g/mol. The predicted molar refractivity (Wildman–Crippen MR) is 35.4 cm³/mol. The van der Waals surface area contributed by atoms with Crippen LogP contribution in [0.15, 0.2) is 4.99 Å². The first kappa shape index (κ1) is 8.14. The van der Waals surface area contributed by atoms with E-state index in [1.165, 1.54) is 6.92 Å². The summed E-state index contributed by atoms with van der Waals surface area (Å²) in [4.78, 5) is 13.8. The Balaban J connectivity index is 3.69. The quantitative estimate of drug-likeness (QED) is 0.391. The third kappa shape index (κ3) is 5.00. The third-order valence-corrected chi connectivity index (χ3v) is 0.668. The van der Waals surface area contributed by atoms with Crippen molar-refractivity contribution in [2.24, 2.45) is 4.99 Å². The van der Waals surface area contributed by atoms with Gasteiger partial charge in [-0.1, -0.05) is 0 Å². The normalized spacial score (nSPS) is 11.2. The molecule has 0 saturated heterocycles. The SMILES string of the molecule is CCO/C(C)=N/C(C)=O. The van der Waals surface area contributed by atoms with E-state index in [1.807, 2.05) is 6.92 Å². The lowest BCUT2D eigenvalue weighted by Crippen LogP contribution is -2.01. The molecule has 0 heterocycles. The Kier molecular flexibility index (Phi) is 3.67. The fourth-order valence-corrected chi connectivity index (χ4v) is 0.463. The molecule has 0 saturated carbocycles. The molecule has 0 atom stereocenters. The lowest BCUT2D eigenvalue weighted by atomic mass is 10.7. The van der Waals surface area contributed by atoms with E-state index in [2.05, 4.69) is 4.99 Å². The van der Waals surface area contributed by atoms with Crippen LogP contribution in [0.1, 0.15) is 20.8 Å². The number of rotatable bonds is 1. The number of carbonyl (C=O) groups is 1. The number of ether oxygens (including phenoxy) is 1. The van der Waals surface area contributed by atoms with Gasteiger partial charge in [-0.15, -0.1) is 0 Å². The molecule has 0 fully saturated rings. The van der Waals surface area contributed by atoms with E-state index >= 15 is 0 Å². The Bertz CT molecular complexity index is 129. The van der Waals surface area contributed by atoms with Crippen LogP contribution in [-0.4, -0.2) is 18.4 Å². The number of nitrogens with zero attached hydrogens (tertiary/aromatic N) is 1. The van der Waals surface area contributed by atoms with Crippen LogP contribution in [0.25, 0.3) is 0 Å². The van der Waals surface area contributed by atoms with Crippen molar-refractivity contribution in [3.05, 3.63) is 0 Å². The Morgan fingerprint density at radius 1 is 1.56 bits per heavy atom. The fourth-order valence-electron chi connectivity index (χ4n) is 0.463. The van der Waals surface area contributed by atoms with Crippen LogP contribution in [0.4, 0.5) is 0 Å². The molecule has 9 heavy (non-hydrogen) atoms. The molecule has 0 N–H and O–H groups in total. The molecule has 0 spiro atoms. The zero-order chi connectivity index (χ0) is 7.28. The molecule has 0 aliphatic heterocycles. The lowest BCUT2D eigenvalue weighted by molar-refractivity contribution is -0.115. The number of hydrogen-bond donors (Lipinski definition) is 0. The van der Waals surface area contributed by atoms with Crippen LogP contribution < -0.4 is 0 Å². The Hall–Kier alpha value is -0.860. The van der Waals surface area contributed by atoms with Crippen molar-refractivity contribution in [3.8, 4) is 0 Å². The summed E-state index contributed by atoms with van der Waals surface area (Å²) in [5.41, 5.74) is 0. The van der Waals surface area contributed by atoms with Crippen molar-refractivity contribution >= 4 is 11.8 Å². The molecule has 0 aromatic carbocycles. The highest BCUT2D eigenvalue weighted by Crippen LogP contribution is 1.81. The lowest BCUT2D eigenvalue weighted by Gasteiger charge is -1.97. The van der Waals surface area contributed by atoms with Crippen molar-refractivity contribution in [3.63, 3.8) is 0 Å². The van der Waals surface area contributed by atoms with E-state index in [4.69, 9.17) is 4.74 Å². The first-order valence-electron chi connectivity index (χ1n) is 2.85. The Morgan fingerprint density at radius 2 is 2.11 bits per heavy atom. The van der Waals surface area contributed by atoms with Crippen molar-refractivity contribution in [1.29, 1.82) is 0 Å². The number of carbonyl (C=O) groups excluding carboxylic acids is 1. The van der Waals surface area contributed by atoms with E-state index in [-0.39, 0.29) is 5.91 Å². The highest BCUT2D eigenvalue weighted by molar-refractivity contribution is 5.88. The predicted octanol–water partition coefficient (Wildman–Crippen LogP) is 0.988. The van der Waals surface area contributed by atoms with Crippen LogP contribution in [0.5, 0.6) is 0 Å². The molecule has 0 aliphatic rings. The van der Waals surface area contributed by atoms with Crippen molar-refractivity contribution < 1.29 is 9.53 Å². The van der Waals surface area contributed by atoms with Crippen LogP contribution >= 0.6 is 0 Å². The average molecular weight is 129 g/mol. The van der Waals surface area contributed by atoms with E-state index in [0.717, 1.165) is 0 Å². The molecule has 0 aromatic rings. The number of hydrogen-bond acceptors (Lipinski definition) is 2. The molecule has 52 valence electrons. The number of amides is 1. The van der Waals surface area contributed by atoms with Crippen molar-refractivity contribution in [2.45, 2.75) is 20.8 Å². The van der Waals surface area contributed by atoms with E-state index in [9.17, 15) is 4.79 Å². The summed E-state index contributed by atoms with van der Waals surface area (Å²) >= 11 is 0. The molecular weight excluding hydrogens is 118 g/mol. The smallest absolute Gasteiger partial charge is 0.245 e. The second-order valence-electron chi connectivity index (χ2n) is 1.58. The molecule has 3 heteroatoms. The molecule has 0 unspecified atom stereocenters. The van der Waals surface area contributed by atoms with Gasteiger partial charge in [-0.25, -0.2) is 0 Å². The number of aliphatic imine (C=N–C) groups is 1. The van der Waals surface area contributed by atoms with Crippen molar-refractivity contribution in [2.75, 3.05) is 6.61 Å². The maximum Gasteiger partial charge on any atom is 0.245 e. The summed E-state index contributed by atoms with van der Waals surface area (Å²) in [6.45, 7) is 5.45. The summed E-state index contributed by atoms with van der Waals surface area (Å²) < 4.78 is 4.88. The highest BCUT2D eigenvalue weighted by atomic mass is 16.5. The Labute approximate surface area is 54.7 Å². The van der Waals surface area contributed by atoms with Gasteiger partial charge in [0.25, 0.3) is 0 Å². The van der Waals surface area contributed by atoms with Gasteiger partial charge in [-0.3, -0.25) is 4.79 Å². The zero-order valence-corrected chi connectivity index (χ0v) is 5.97. The van der Waals surface area contributed by atoms with E-state index in [0.29, 0.717) is 12.5 Å². The van der Waals surface area contributed by atoms with Crippen LogP contribution in [-0.2, 0) is 9.53 Å². The van der Waals surface area contributed by atoms with Crippen LogP contribution in [0, 0.1) is 0 Å². The van der Waals surface area contributed by atoms with Crippen LogP contribution in [0.2, 0.25) is 0 Å². The van der Waals surface area contributed by atoms with Gasteiger partial charge in [0.2, 0.25) is 5.91 Å². The minimum Gasteiger partial charge on any atom is -0.481 e. The summed E-state index contributed by atoms with van der Waals surface area (Å²) in [5.74, 6) is 0.214. The maximum absolute atomic E-state index is 10.3. The second kappa shape index (κ2) is 4.06. The standard InChI is InChI=1S/C6H11NO2/c1-4-9-6(3)7-5(2)8/h4H2,1-3H3/b7-6+. The van der Waals surface area contributed by atoms with Gasteiger partial charge in [-0.05, 0) is 6.92 Å². The third-order valence-electron chi connectivity index (χ3n) is 0.668. The second-order valence-corrected chi connectivity index (χ2v) is 1.58. The average Bonchev–Trinajstić information content (AvgIpc) is 1.63. The van der Waals surface area contributed by atoms with E-state index < -0.39 is 0 Å². The first-order valence-corrected chi connectivity index (χ1v) is 2.85. The highest BCUT2D eigenvalue weighted by Gasteiger charge is 1.89. The summed E-state index contributed by atoms with van der Waals surface area (Å²) in [6.07, 6.45) is 0. The Morgan fingerprint density at radius 3 is 2.44 bits per heavy atom. The molecule has 0 rings (SSSR count). The topological polar surface area (TPSA) is 38.7 Å². The van der Waals surface area contributed by atoms with Gasteiger partial charge < -0.3 is 4.74 Å². The minimum atomic E-state index is -0.221. The zero-order valence-electron chi connectivity index (χ0n) is 5.97. The minimum absolute atomic E-state index is 0.221. The van der Waals surface area contributed by atoms with Gasteiger partial charge >= 0.3 is 0 Å². The molecule has 3 nitrogen and oxygen atoms in total. The molecule has 0 aliphatic carbocycles. The largest absolute Gasteiger partial charge is 0.481 e. The molecular formula is C6H11NO2. The fraction of sp³-hybridized carbons (Fsp3) is 0.667. The van der Waals surface area contributed by atoms with Crippen LogP contribution in [0.3, 0.4) is 0 Å². The molecule has 0 radical (unpaired) electrons. The van der Waals surface area contributed by atoms with Gasteiger partial charge in [0.15, 0.2) is 5.90 Å². The summed E-state index contributed by atoms with van der Waals surface area (Å²) in [5, 5.41) is 0. The van der Waals surface area contributed by atoms with Crippen molar-refractivity contribution in [1.82, 2.24) is 0 Å². The maximum atomic E-state index is 10.3. The summed E-state index contributed by atoms with van der Waals surface area (Å²) in [7, 11) is 0. The molecule has 0 aromatic heterocycles. The molecule has 0 bridgehead atoms. The van der Waals surface area contributed by atoms with Gasteiger partial charge in [0.1, 0.15) is 0 Å². The molecule has 1 amide bonds. The van der Waals surface area contributed by atoms with Gasteiger partial charge in [0.05, 0.1) is 6.61 Å². The first-order chi connectivity index (χ1) is 4.16. The summed E-state index contributed by atoms with van der Waals surface area (Å²) in [6, 6.07) is 0. The van der Waals surface area contributed by atoms with Gasteiger partial charge in [-0.2, -0.15) is 4.99 Å². The van der Waals surface area contributed by atoms with Gasteiger partial charge in [0, 0.05) is 13.8 Å².